The highest BCUT2D eigenvalue weighted by Gasteiger charge is 2.25. The van der Waals surface area contributed by atoms with Crippen LogP contribution in [0.25, 0.3) is 0 Å². The van der Waals surface area contributed by atoms with Gasteiger partial charge in [-0.2, -0.15) is 0 Å². The van der Waals surface area contributed by atoms with E-state index in [1.807, 2.05) is 0 Å². The molecule has 0 spiro atoms. The first-order valence-electron chi connectivity index (χ1n) is 10.2. The molecule has 2 saturated heterocycles. The highest BCUT2D eigenvalue weighted by molar-refractivity contribution is 14.0. The molecule has 154 valence electrons. The molecule has 2 fully saturated rings. The number of nitrogens with one attached hydrogen (secondary N) is 1. The van der Waals surface area contributed by atoms with Gasteiger partial charge in [0.2, 0.25) is 0 Å². The summed E-state index contributed by atoms with van der Waals surface area (Å²) in [6.45, 7) is 11.9. The minimum atomic E-state index is 0. The highest BCUT2D eigenvalue weighted by atomic mass is 127. The van der Waals surface area contributed by atoms with Crippen LogP contribution in [0.15, 0.2) is 4.99 Å². The maximum atomic E-state index is 5.70. The van der Waals surface area contributed by atoms with Crippen molar-refractivity contribution in [1.29, 1.82) is 0 Å². The Bertz CT molecular complexity index is 377. The third-order valence-electron chi connectivity index (χ3n) is 5.08. The quantitative estimate of drug-likeness (QED) is 0.237. The number of ether oxygens (including phenoxy) is 2. The van der Waals surface area contributed by atoms with Crippen LogP contribution in [0, 0.1) is 5.92 Å². The summed E-state index contributed by atoms with van der Waals surface area (Å²) in [5.41, 5.74) is 0. The van der Waals surface area contributed by atoms with Crippen LogP contribution < -0.4 is 5.32 Å². The van der Waals surface area contributed by atoms with E-state index in [0.717, 1.165) is 45.3 Å². The van der Waals surface area contributed by atoms with Gasteiger partial charge in [0, 0.05) is 39.2 Å². The lowest BCUT2D eigenvalue weighted by atomic mass is 10.1. The van der Waals surface area contributed by atoms with Crippen molar-refractivity contribution in [3.05, 3.63) is 0 Å². The summed E-state index contributed by atoms with van der Waals surface area (Å²) in [7, 11) is 1.71. The fourth-order valence-electron chi connectivity index (χ4n) is 3.64. The van der Waals surface area contributed by atoms with Crippen molar-refractivity contribution in [2.45, 2.75) is 39.0 Å². The van der Waals surface area contributed by atoms with Crippen LogP contribution in [0.2, 0.25) is 0 Å². The molecule has 2 aliphatic rings. The number of methoxy groups -OCH3 is 1. The Morgan fingerprint density at radius 1 is 1.12 bits per heavy atom. The second-order valence-electron chi connectivity index (χ2n) is 7.16. The smallest absolute Gasteiger partial charge is 0.193 e. The third-order valence-corrected chi connectivity index (χ3v) is 5.08. The predicted octanol–water partition coefficient (Wildman–Crippen LogP) is 2.43. The average Bonchev–Trinajstić information content (AvgIpc) is 2.93. The maximum Gasteiger partial charge on any atom is 0.193 e. The number of aliphatic imine (C=N–C) groups is 1. The summed E-state index contributed by atoms with van der Waals surface area (Å²) in [6, 6.07) is 0. The fourth-order valence-corrected chi connectivity index (χ4v) is 3.64. The Kier molecular flexibility index (Phi) is 13.7. The molecule has 7 heteroatoms. The topological polar surface area (TPSA) is 49.3 Å². The number of likely N-dealkylation sites (tertiary alicyclic amines) is 2. The molecule has 1 N–H and O–H groups in total. The summed E-state index contributed by atoms with van der Waals surface area (Å²) in [5, 5.41) is 3.47. The second kappa shape index (κ2) is 14.9. The van der Waals surface area contributed by atoms with Crippen molar-refractivity contribution >= 4 is 29.9 Å². The van der Waals surface area contributed by atoms with Crippen LogP contribution in [0.1, 0.15) is 39.0 Å². The van der Waals surface area contributed by atoms with Crippen LogP contribution in [0.5, 0.6) is 0 Å². The minimum absolute atomic E-state index is 0. The molecule has 1 atom stereocenters. The van der Waals surface area contributed by atoms with Crippen molar-refractivity contribution in [2.24, 2.45) is 10.9 Å². The van der Waals surface area contributed by atoms with E-state index in [1.54, 1.807) is 7.11 Å². The van der Waals surface area contributed by atoms with Gasteiger partial charge in [0.15, 0.2) is 5.96 Å². The van der Waals surface area contributed by atoms with Gasteiger partial charge in [0.1, 0.15) is 0 Å². The van der Waals surface area contributed by atoms with Gasteiger partial charge in [-0.15, -0.1) is 24.0 Å². The highest BCUT2D eigenvalue weighted by Crippen LogP contribution is 2.16. The minimum Gasteiger partial charge on any atom is -0.382 e. The summed E-state index contributed by atoms with van der Waals surface area (Å²) in [4.78, 5) is 9.87. The predicted molar refractivity (Wildman–Crippen MR) is 119 cm³/mol. The van der Waals surface area contributed by atoms with Gasteiger partial charge in [-0.25, -0.2) is 0 Å². The van der Waals surface area contributed by atoms with E-state index >= 15 is 0 Å². The molecule has 1 unspecified atom stereocenters. The molecule has 0 radical (unpaired) electrons. The monoisotopic (exact) mass is 482 g/mol. The van der Waals surface area contributed by atoms with Crippen LogP contribution in [-0.2, 0) is 9.47 Å². The van der Waals surface area contributed by atoms with Gasteiger partial charge in [0.25, 0.3) is 0 Å². The molecule has 6 nitrogen and oxygen atoms in total. The Balaban J connectivity index is 0.00000338. The zero-order chi connectivity index (χ0) is 17.7. The molecule has 2 heterocycles. The van der Waals surface area contributed by atoms with Gasteiger partial charge < -0.3 is 24.6 Å². The zero-order valence-electron chi connectivity index (χ0n) is 16.8. The lowest BCUT2D eigenvalue weighted by Gasteiger charge is -2.23. The van der Waals surface area contributed by atoms with E-state index in [-0.39, 0.29) is 24.0 Å². The van der Waals surface area contributed by atoms with Gasteiger partial charge in [0.05, 0.1) is 26.4 Å². The molecule has 0 amide bonds. The first-order chi connectivity index (χ1) is 12.3. The van der Waals surface area contributed by atoms with Crippen molar-refractivity contribution < 1.29 is 9.47 Å². The number of halogens is 1. The molecule has 0 aromatic heterocycles. The molecular weight excluding hydrogens is 443 g/mol. The van der Waals surface area contributed by atoms with E-state index in [0.29, 0.717) is 19.1 Å². The van der Waals surface area contributed by atoms with Crippen LogP contribution in [-0.4, -0.2) is 88.5 Å². The molecule has 0 bridgehead atoms. The SMILES string of the molecule is CCNC(=NCCN1CCCCCC1)N1CCC(COCCOC)C1.I. The summed E-state index contributed by atoms with van der Waals surface area (Å²) < 4.78 is 10.7. The molecule has 2 rings (SSSR count). The Labute approximate surface area is 177 Å². The Morgan fingerprint density at radius 3 is 2.58 bits per heavy atom. The molecule has 26 heavy (non-hydrogen) atoms. The lowest BCUT2D eigenvalue weighted by molar-refractivity contribution is 0.0536. The molecule has 0 aromatic carbocycles. The fraction of sp³-hybridized carbons (Fsp3) is 0.947. The molecular formula is C19H39IN4O2. The summed E-state index contributed by atoms with van der Waals surface area (Å²) in [5.74, 6) is 1.68. The lowest BCUT2D eigenvalue weighted by Crippen LogP contribution is -2.41. The summed E-state index contributed by atoms with van der Waals surface area (Å²) >= 11 is 0. The first kappa shape index (κ1) is 23.9. The number of nitrogens with zero attached hydrogens (tertiary/aromatic N) is 3. The zero-order valence-corrected chi connectivity index (χ0v) is 19.1. The molecule has 2 aliphatic heterocycles. The van der Waals surface area contributed by atoms with Crippen molar-refractivity contribution in [2.75, 3.05) is 72.7 Å². The Morgan fingerprint density at radius 2 is 1.88 bits per heavy atom. The number of hydrogen-bond donors (Lipinski definition) is 1. The molecule has 0 saturated carbocycles. The molecule has 0 aromatic rings. The van der Waals surface area contributed by atoms with Crippen molar-refractivity contribution in [3.63, 3.8) is 0 Å². The third kappa shape index (κ3) is 9.19. The maximum absolute atomic E-state index is 5.70. The summed E-state index contributed by atoms with van der Waals surface area (Å²) in [6.07, 6.45) is 6.67. The number of guanidine groups is 1. The van der Waals surface area contributed by atoms with Crippen molar-refractivity contribution in [3.8, 4) is 0 Å². The van der Waals surface area contributed by atoms with Crippen molar-refractivity contribution in [1.82, 2.24) is 15.1 Å². The van der Waals surface area contributed by atoms with Gasteiger partial charge in [-0.05, 0) is 39.3 Å². The van der Waals surface area contributed by atoms with E-state index in [4.69, 9.17) is 14.5 Å². The van der Waals surface area contributed by atoms with Gasteiger partial charge in [-0.3, -0.25) is 4.99 Å². The standard InChI is InChI=1S/C19H38N4O2.HI/c1-3-20-19(21-9-13-22-10-6-4-5-7-11-22)23-12-8-18(16-23)17-25-15-14-24-2;/h18H,3-17H2,1-2H3,(H,20,21);1H. The second-order valence-corrected chi connectivity index (χ2v) is 7.16. The molecule has 0 aliphatic carbocycles. The van der Waals surface area contributed by atoms with E-state index < -0.39 is 0 Å². The largest absolute Gasteiger partial charge is 0.382 e. The number of hydrogen-bond acceptors (Lipinski definition) is 4. The van der Waals surface area contributed by atoms with Gasteiger partial charge in [-0.1, -0.05) is 12.8 Å². The number of rotatable bonds is 9. The van der Waals surface area contributed by atoms with Gasteiger partial charge >= 0.3 is 0 Å². The van der Waals surface area contributed by atoms with E-state index in [9.17, 15) is 0 Å². The van der Waals surface area contributed by atoms with Crippen LogP contribution in [0.4, 0.5) is 0 Å². The van der Waals surface area contributed by atoms with E-state index in [2.05, 4.69) is 22.0 Å². The Hall–Kier alpha value is -0.120. The van der Waals surface area contributed by atoms with Crippen LogP contribution >= 0.6 is 24.0 Å². The average molecular weight is 482 g/mol. The van der Waals surface area contributed by atoms with Crippen LogP contribution in [0.3, 0.4) is 0 Å². The van der Waals surface area contributed by atoms with E-state index in [1.165, 1.54) is 45.2 Å². The normalized spacial score (nSPS) is 22.2. The first-order valence-corrected chi connectivity index (χ1v) is 10.2.